The van der Waals surface area contributed by atoms with Crippen LogP contribution in [0.4, 0.5) is 0 Å². The van der Waals surface area contributed by atoms with Crippen molar-refractivity contribution in [1.82, 2.24) is 0 Å². The molecule has 9 heteroatoms. The SMILES string of the molecule is C.CC(=O)OCC(C)(CBr)CBr.CC(CO)(CBr)CBr.CC1(CBr)COC1. The second-order valence-electron chi connectivity index (χ2n) is 7.53. The van der Waals surface area contributed by atoms with Gasteiger partial charge in [-0.3, -0.25) is 4.79 Å². The molecule has 0 spiro atoms. The molecular formula is C18H35Br5O4. The number of aliphatic hydroxyl groups is 1. The maximum Gasteiger partial charge on any atom is 0.302 e. The van der Waals surface area contributed by atoms with Crippen molar-refractivity contribution in [1.29, 1.82) is 0 Å². The van der Waals surface area contributed by atoms with Gasteiger partial charge in [0.1, 0.15) is 0 Å². The van der Waals surface area contributed by atoms with Crippen molar-refractivity contribution >= 4 is 85.6 Å². The van der Waals surface area contributed by atoms with Gasteiger partial charge in [0.15, 0.2) is 0 Å². The van der Waals surface area contributed by atoms with Gasteiger partial charge in [0.05, 0.1) is 26.4 Å². The molecule has 0 atom stereocenters. The fraction of sp³-hybridized carbons (Fsp3) is 0.944. The van der Waals surface area contributed by atoms with Gasteiger partial charge in [0.2, 0.25) is 0 Å². The highest BCUT2D eigenvalue weighted by atomic mass is 79.9. The van der Waals surface area contributed by atoms with Gasteiger partial charge in [0.25, 0.3) is 0 Å². The predicted molar refractivity (Wildman–Crippen MR) is 135 cm³/mol. The molecule has 166 valence electrons. The molecule has 0 amide bonds. The number of esters is 1. The highest BCUT2D eigenvalue weighted by molar-refractivity contribution is 9.10. The second kappa shape index (κ2) is 17.5. The van der Waals surface area contributed by atoms with E-state index in [0.29, 0.717) is 12.0 Å². The Morgan fingerprint density at radius 2 is 1.44 bits per heavy atom. The average Bonchev–Trinajstić information content (AvgIpc) is 2.64. The maximum absolute atomic E-state index is 10.5. The Morgan fingerprint density at radius 1 is 1.04 bits per heavy atom. The monoisotopic (exact) mass is 710 g/mol. The van der Waals surface area contributed by atoms with Gasteiger partial charge in [-0.2, -0.15) is 0 Å². The van der Waals surface area contributed by atoms with E-state index >= 15 is 0 Å². The van der Waals surface area contributed by atoms with E-state index in [4.69, 9.17) is 14.6 Å². The average molecular weight is 715 g/mol. The minimum Gasteiger partial charge on any atom is -0.465 e. The van der Waals surface area contributed by atoms with Crippen LogP contribution in [0.3, 0.4) is 0 Å². The molecule has 0 unspecified atom stereocenters. The van der Waals surface area contributed by atoms with Gasteiger partial charge in [-0.05, 0) is 0 Å². The van der Waals surface area contributed by atoms with Crippen molar-refractivity contribution < 1.29 is 19.4 Å². The summed E-state index contributed by atoms with van der Waals surface area (Å²) in [6, 6.07) is 0. The molecule has 0 aliphatic carbocycles. The zero-order valence-electron chi connectivity index (χ0n) is 15.9. The molecule has 0 saturated carbocycles. The molecule has 1 aliphatic rings. The van der Waals surface area contributed by atoms with Crippen molar-refractivity contribution in [2.45, 2.75) is 35.1 Å². The van der Waals surface area contributed by atoms with Crippen LogP contribution in [0.5, 0.6) is 0 Å². The summed E-state index contributed by atoms with van der Waals surface area (Å²) >= 11 is 16.7. The molecule has 1 fully saturated rings. The Hall–Kier alpha value is 1.79. The van der Waals surface area contributed by atoms with Crippen LogP contribution in [0.15, 0.2) is 0 Å². The lowest BCUT2D eigenvalue weighted by Gasteiger charge is -2.36. The van der Waals surface area contributed by atoms with Crippen molar-refractivity contribution in [3.63, 3.8) is 0 Å². The zero-order chi connectivity index (χ0) is 20.9. The number of carbonyl (C=O) groups excluding carboxylic acids is 1. The lowest BCUT2D eigenvalue weighted by molar-refractivity contribution is -0.143. The van der Waals surface area contributed by atoms with Crippen molar-refractivity contribution in [3.8, 4) is 0 Å². The van der Waals surface area contributed by atoms with Crippen LogP contribution in [0.1, 0.15) is 35.1 Å². The Labute approximate surface area is 207 Å². The van der Waals surface area contributed by atoms with E-state index in [1.54, 1.807) is 0 Å². The van der Waals surface area contributed by atoms with Gasteiger partial charge in [-0.15, -0.1) is 0 Å². The van der Waals surface area contributed by atoms with Crippen molar-refractivity contribution in [2.24, 2.45) is 16.2 Å². The van der Waals surface area contributed by atoms with Crippen LogP contribution in [-0.4, -0.2) is 64.2 Å². The Kier molecular flexibility index (Phi) is 21.6. The Bertz CT molecular complexity index is 357. The van der Waals surface area contributed by atoms with Gasteiger partial charge in [0, 0.05) is 49.8 Å². The topological polar surface area (TPSA) is 55.8 Å². The molecule has 1 aliphatic heterocycles. The first-order valence-electron chi connectivity index (χ1n) is 8.11. The van der Waals surface area contributed by atoms with Crippen molar-refractivity contribution in [2.75, 3.05) is 53.1 Å². The van der Waals surface area contributed by atoms with Crippen LogP contribution in [0.2, 0.25) is 0 Å². The van der Waals surface area contributed by atoms with E-state index in [-0.39, 0.29) is 30.8 Å². The third-order valence-electron chi connectivity index (χ3n) is 3.52. The summed E-state index contributed by atoms with van der Waals surface area (Å²) in [7, 11) is 0. The van der Waals surface area contributed by atoms with Gasteiger partial charge < -0.3 is 14.6 Å². The van der Waals surface area contributed by atoms with Crippen LogP contribution >= 0.6 is 79.6 Å². The smallest absolute Gasteiger partial charge is 0.302 e. The second-order valence-corrected chi connectivity index (χ2v) is 10.3. The largest absolute Gasteiger partial charge is 0.465 e. The summed E-state index contributed by atoms with van der Waals surface area (Å²) in [5.74, 6) is -0.224. The number of ether oxygens (including phenoxy) is 2. The van der Waals surface area contributed by atoms with Gasteiger partial charge in [-0.25, -0.2) is 0 Å². The number of alkyl halides is 5. The summed E-state index contributed by atoms with van der Waals surface area (Å²) in [6.45, 7) is 10.2. The van der Waals surface area contributed by atoms with Crippen LogP contribution in [0, 0.1) is 16.2 Å². The number of hydrogen-bond donors (Lipinski definition) is 1. The van der Waals surface area contributed by atoms with Crippen molar-refractivity contribution in [3.05, 3.63) is 0 Å². The summed E-state index contributed by atoms with van der Waals surface area (Å²) in [5.41, 5.74) is 0.478. The highest BCUT2D eigenvalue weighted by Crippen LogP contribution is 2.28. The fourth-order valence-electron chi connectivity index (χ4n) is 1.04. The molecule has 1 rings (SSSR count). The first-order valence-corrected chi connectivity index (χ1v) is 13.7. The minimum absolute atomic E-state index is 0. The molecular weight excluding hydrogens is 680 g/mol. The molecule has 4 nitrogen and oxygen atoms in total. The highest BCUT2D eigenvalue weighted by Gasteiger charge is 2.31. The Morgan fingerprint density at radius 3 is 1.56 bits per heavy atom. The standard InChI is InChI=1S/C7H12Br2O2.C5H10Br2O.C5H9BrO.CH4/c1-6(10)11-5-7(2,3-8)4-9;1-5(2-6,3-7)4-8;1-5(2-6)3-7-4-5;/h3-5H2,1-2H3;8H,2-4H2,1H3;2-4H2,1H3;1H4. The number of rotatable bonds is 8. The third kappa shape index (κ3) is 16.2. The van der Waals surface area contributed by atoms with Crippen LogP contribution in [-0.2, 0) is 14.3 Å². The summed E-state index contributed by atoms with van der Waals surface area (Å²) in [4.78, 5) is 10.5. The number of carbonyl (C=O) groups is 1. The molecule has 1 N–H and O–H groups in total. The quantitative estimate of drug-likeness (QED) is 0.242. The summed E-state index contributed by atoms with van der Waals surface area (Å²) in [5, 5.41) is 13.1. The zero-order valence-corrected chi connectivity index (χ0v) is 23.9. The molecule has 1 heterocycles. The lowest BCUT2D eigenvalue weighted by atomic mass is 9.92. The van der Waals surface area contributed by atoms with Crippen LogP contribution < -0.4 is 0 Å². The molecule has 0 aromatic heterocycles. The molecule has 0 radical (unpaired) electrons. The normalized spacial score (nSPS) is 15.0. The maximum atomic E-state index is 10.5. The lowest BCUT2D eigenvalue weighted by Crippen LogP contribution is -2.40. The first-order chi connectivity index (χ1) is 12.0. The van der Waals surface area contributed by atoms with E-state index < -0.39 is 0 Å². The van der Waals surface area contributed by atoms with Gasteiger partial charge >= 0.3 is 5.97 Å². The van der Waals surface area contributed by atoms with Crippen LogP contribution in [0.25, 0.3) is 0 Å². The van der Waals surface area contributed by atoms with Gasteiger partial charge in [-0.1, -0.05) is 108 Å². The number of hydrogen-bond acceptors (Lipinski definition) is 4. The predicted octanol–water partition coefficient (Wildman–Crippen LogP) is 6.17. The van der Waals surface area contributed by atoms with E-state index in [1.807, 2.05) is 13.8 Å². The molecule has 0 aromatic rings. The molecule has 0 aromatic carbocycles. The first kappa shape index (κ1) is 33.4. The van der Waals surface area contributed by atoms with E-state index in [1.165, 1.54) is 6.92 Å². The molecule has 0 bridgehead atoms. The number of aliphatic hydroxyl groups excluding tert-OH is 1. The van der Waals surface area contributed by atoms with E-state index in [2.05, 4.69) is 86.6 Å². The number of halogens is 5. The Balaban J connectivity index is -0.000000322. The third-order valence-corrected chi connectivity index (χ3v) is 10.3. The minimum atomic E-state index is -0.224. The molecule has 27 heavy (non-hydrogen) atoms. The fourth-order valence-corrected chi connectivity index (χ4v) is 3.90. The summed E-state index contributed by atoms with van der Waals surface area (Å²) in [6.07, 6.45) is 0. The van der Waals surface area contributed by atoms with E-state index in [0.717, 1.165) is 39.9 Å². The molecule has 1 saturated heterocycles. The van der Waals surface area contributed by atoms with E-state index in [9.17, 15) is 4.79 Å². The summed E-state index contributed by atoms with van der Waals surface area (Å²) < 4.78 is 9.89.